The van der Waals surface area contributed by atoms with Crippen molar-refractivity contribution in [1.29, 1.82) is 0 Å². The van der Waals surface area contributed by atoms with Crippen molar-refractivity contribution >= 4 is 38.7 Å². The van der Waals surface area contributed by atoms with Gasteiger partial charge < -0.3 is 4.74 Å². The lowest BCUT2D eigenvalue weighted by Gasteiger charge is -2.05. The Hall–Kier alpha value is 0.110. The smallest absolute Gasteiger partial charge is 0.305 e. The Morgan fingerprint density at radius 2 is 1.93 bits per heavy atom. The van der Waals surface area contributed by atoms with Gasteiger partial charge in [-0.15, -0.1) is 0 Å². The first kappa shape index (κ1) is 17.5. The maximum Gasteiger partial charge on any atom is 0.305 e. The predicted molar refractivity (Wildman–Crippen MR) is 66.8 cm³/mol. The molecule has 0 spiro atoms. The van der Waals surface area contributed by atoms with E-state index in [2.05, 4.69) is 34.3 Å². The Morgan fingerprint density at radius 1 is 1.53 bits per heavy atom. The zero-order chi connectivity index (χ0) is 12.5. The van der Waals surface area contributed by atoms with Crippen LogP contribution in [0.2, 0.25) is 0 Å². The fourth-order valence-corrected chi connectivity index (χ4v) is 1.72. The van der Waals surface area contributed by atoms with E-state index in [-0.39, 0.29) is 5.97 Å². The van der Waals surface area contributed by atoms with Crippen LogP contribution in [0.3, 0.4) is 0 Å². The van der Waals surface area contributed by atoms with Crippen molar-refractivity contribution in [2.45, 2.75) is 19.8 Å². The molecule has 0 amide bonds. The van der Waals surface area contributed by atoms with Gasteiger partial charge in [-0.05, 0) is 16.8 Å². The largest absolute Gasteiger partial charge is 0.469 e. The third-order valence-electron chi connectivity index (χ3n) is 1.34. The van der Waals surface area contributed by atoms with Gasteiger partial charge in [0.2, 0.25) is 0 Å². The van der Waals surface area contributed by atoms with Crippen LogP contribution in [0.25, 0.3) is 0 Å². The molecule has 1 unspecified atom stereocenters. The molecule has 0 heterocycles. The lowest BCUT2D eigenvalue weighted by Crippen LogP contribution is -2.07. The van der Waals surface area contributed by atoms with Gasteiger partial charge in [0, 0.05) is 6.42 Å². The normalized spacial score (nSPS) is 12.3. The van der Waals surface area contributed by atoms with E-state index in [4.69, 9.17) is 4.55 Å². The van der Waals surface area contributed by atoms with E-state index in [1.807, 2.05) is 0 Å². The average molecular weight is 352 g/mol. The average Bonchev–Trinajstić information content (AvgIpc) is 2.01. The molecular weight excluding hydrogens is 335 g/mol. The van der Waals surface area contributed by atoms with Gasteiger partial charge in [-0.1, -0.05) is 29.5 Å². The van der Waals surface area contributed by atoms with Gasteiger partial charge in [0.1, 0.15) is 0 Å². The summed E-state index contributed by atoms with van der Waals surface area (Å²) in [6, 6.07) is 0. The second-order valence-corrected chi connectivity index (χ2v) is 5.64. The Labute approximate surface area is 104 Å². The van der Waals surface area contributed by atoms with Gasteiger partial charge >= 0.3 is 5.97 Å². The third kappa shape index (κ3) is 24.9. The van der Waals surface area contributed by atoms with Crippen LogP contribution >= 0.6 is 22.6 Å². The summed E-state index contributed by atoms with van der Waals surface area (Å²) in [6.07, 6.45) is 2.36. The van der Waals surface area contributed by atoms with Crippen LogP contribution < -0.4 is 0 Å². The fraction of sp³-hybridized carbons (Fsp3) is 0.875. The highest BCUT2D eigenvalue weighted by Gasteiger charge is 2.07. The van der Waals surface area contributed by atoms with Gasteiger partial charge in [0.05, 0.1) is 13.4 Å². The van der Waals surface area contributed by atoms with Crippen LogP contribution in [-0.4, -0.2) is 36.7 Å². The van der Waals surface area contributed by atoms with E-state index in [0.29, 0.717) is 18.6 Å². The van der Waals surface area contributed by atoms with Crippen LogP contribution in [0.5, 0.6) is 0 Å². The van der Waals surface area contributed by atoms with Crippen molar-refractivity contribution in [1.82, 2.24) is 0 Å². The molecule has 92 valence electrons. The fourth-order valence-electron chi connectivity index (χ4n) is 0.656. The summed E-state index contributed by atoms with van der Waals surface area (Å²) in [4.78, 5) is 10.7. The summed E-state index contributed by atoms with van der Waals surface area (Å²) < 4.78 is 31.5. The lowest BCUT2D eigenvalue weighted by atomic mass is 10.1. The van der Waals surface area contributed by atoms with Gasteiger partial charge in [-0.3, -0.25) is 9.35 Å². The molecule has 0 aromatic heterocycles. The van der Waals surface area contributed by atoms with E-state index >= 15 is 0 Å². The van der Waals surface area contributed by atoms with Gasteiger partial charge in [-0.25, -0.2) is 0 Å². The standard InChI is InChI=1S/C7H13IO2.CH4O3S/c1-6(3-4-8)5-7(9)10-2;1-5(2,3)4/h6H,3-5H2,1-2H3;1H3,(H,2,3,4). The number of carbonyl (C=O) groups is 1. The number of ether oxygens (including phenoxy) is 1. The molecule has 1 N–H and O–H groups in total. The molecule has 7 heteroatoms. The maximum atomic E-state index is 10.7. The van der Waals surface area contributed by atoms with Gasteiger partial charge in [-0.2, -0.15) is 8.42 Å². The summed E-state index contributed by atoms with van der Waals surface area (Å²) in [5, 5.41) is 0. The van der Waals surface area contributed by atoms with Crippen LogP contribution in [0, 0.1) is 5.92 Å². The minimum absolute atomic E-state index is 0.0997. The molecule has 0 aromatic carbocycles. The molecule has 5 nitrogen and oxygen atoms in total. The molecule has 0 fully saturated rings. The molecule has 0 saturated heterocycles. The minimum atomic E-state index is -3.67. The Morgan fingerprint density at radius 3 is 2.20 bits per heavy atom. The number of halogens is 1. The van der Waals surface area contributed by atoms with Crippen molar-refractivity contribution < 1.29 is 22.5 Å². The first-order valence-corrected chi connectivity index (χ1v) is 7.63. The van der Waals surface area contributed by atoms with Crippen molar-refractivity contribution in [3.63, 3.8) is 0 Å². The van der Waals surface area contributed by atoms with Crippen molar-refractivity contribution in [2.24, 2.45) is 5.92 Å². The van der Waals surface area contributed by atoms with Crippen molar-refractivity contribution in [2.75, 3.05) is 17.8 Å². The van der Waals surface area contributed by atoms with Crippen LogP contribution in [0.4, 0.5) is 0 Å². The molecule has 0 radical (unpaired) electrons. The molecule has 0 aliphatic heterocycles. The first-order valence-electron chi connectivity index (χ1n) is 4.26. The predicted octanol–water partition coefficient (Wildman–Crippen LogP) is 1.51. The molecule has 0 aliphatic carbocycles. The Kier molecular flexibility index (Phi) is 10.9. The first-order chi connectivity index (χ1) is 6.70. The zero-order valence-corrected chi connectivity index (χ0v) is 12.0. The molecule has 0 saturated carbocycles. The van der Waals surface area contributed by atoms with E-state index in [9.17, 15) is 13.2 Å². The molecule has 0 rings (SSSR count). The number of hydrogen-bond acceptors (Lipinski definition) is 4. The quantitative estimate of drug-likeness (QED) is 0.359. The number of methoxy groups -OCH3 is 1. The molecule has 0 aromatic rings. The monoisotopic (exact) mass is 352 g/mol. The van der Waals surface area contributed by atoms with Crippen molar-refractivity contribution in [3.8, 4) is 0 Å². The van der Waals surface area contributed by atoms with Crippen LogP contribution in [0.1, 0.15) is 19.8 Å². The highest BCUT2D eigenvalue weighted by molar-refractivity contribution is 14.1. The lowest BCUT2D eigenvalue weighted by molar-refractivity contribution is -0.141. The molecule has 0 bridgehead atoms. The van der Waals surface area contributed by atoms with Crippen LogP contribution in [-0.2, 0) is 19.6 Å². The third-order valence-corrected chi connectivity index (χ3v) is 1.97. The molecular formula is C8H17IO5S. The number of alkyl halides is 1. The van der Waals surface area contributed by atoms with E-state index in [0.717, 1.165) is 10.8 Å². The van der Waals surface area contributed by atoms with E-state index in [1.54, 1.807) is 0 Å². The summed E-state index contributed by atoms with van der Waals surface area (Å²) in [5.74, 6) is 0.363. The summed E-state index contributed by atoms with van der Waals surface area (Å²) in [6.45, 7) is 2.07. The summed E-state index contributed by atoms with van der Waals surface area (Å²) >= 11 is 2.31. The van der Waals surface area contributed by atoms with Gasteiger partial charge in [0.15, 0.2) is 0 Å². The van der Waals surface area contributed by atoms with E-state index < -0.39 is 10.1 Å². The highest BCUT2D eigenvalue weighted by Crippen LogP contribution is 2.09. The second kappa shape index (κ2) is 9.34. The minimum Gasteiger partial charge on any atom is -0.469 e. The molecule has 1 atom stereocenters. The second-order valence-electron chi connectivity index (χ2n) is 3.10. The summed E-state index contributed by atoms with van der Waals surface area (Å²) in [7, 11) is -2.24. The Bertz CT molecular complexity index is 254. The summed E-state index contributed by atoms with van der Waals surface area (Å²) in [5.41, 5.74) is 0. The number of carbonyl (C=O) groups excluding carboxylic acids is 1. The number of hydrogen-bond donors (Lipinski definition) is 1. The zero-order valence-electron chi connectivity index (χ0n) is 9.07. The van der Waals surface area contributed by atoms with E-state index in [1.165, 1.54) is 7.11 Å². The number of rotatable bonds is 4. The number of esters is 1. The topological polar surface area (TPSA) is 80.7 Å². The van der Waals surface area contributed by atoms with Crippen LogP contribution in [0.15, 0.2) is 0 Å². The highest BCUT2D eigenvalue weighted by atomic mass is 127. The van der Waals surface area contributed by atoms with Crippen molar-refractivity contribution in [3.05, 3.63) is 0 Å². The Balaban J connectivity index is 0. The molecule has 0 aliphatic rings. The SMILES string of the molecule is COC(=O)CC(C)CCI.CS(=O)(=O)O. The maximum absolute atomic E-state index is 10.7. The molecule has 15 heavy (non-hydrogen) atoms. The van der Waals surface area contributed by atoms with Gasteiger partial charge in [0.25, 0.3) is 10.1 Å².